The van der Waals surface area contributed by atoms with Crippen molar-refractivity contribution >= 4 is 36.5 Å². The van der Waals surface area contributed by atoms with E-state index in [1.165, 1.54) is 12.8 Å². The summed E-state index contributed by atoms with van der Waals surface area (Å²) in [4.78, 5) is 18.8. The molecule has 0 bridgehead atoms. The van der Waals surface area contributed by atoms with Crippen molar-refractivity contribution in [1.29, 1.82) is 0 Å². The molecular weight excluding hydrogens is 351 g/mol. The smallest absolute Gasteiger partial charge is 0.249 e. The molecular formula is C16H26Cl2N4O2. The van der Waals surface area contributed by atoms with Gasteiger partial charge in [0, 0.05) is 32.4 Å². The van der Waals surface area contributed by atoms with Gasteiger partial charge in [0.1, 0.15) is 11.9 Å². The fourth-order valence-electron chi connectivity index (χ4n) is 3.03. The van der Waals surface area contributed by atoms with Crippen LogP contribution in [0.2, 0.25) is 0 Å². The Balaban J connectivity index is 0.00000144. The van der Waals surface area contributed by atoms with Crippen LogP contribution in [0.15, 0.2) is 18.3 Å². The maximum absolute atomic E-state index is 12.1. The molecule has 1 amide bonds. The molecule has 3 heterocycles. The van der Waals surface area contributed by atoms with Crippen LogP contribution in [0.3, 0.4) is 0 Å². The van der Waals surface area contributed by atoms with E-state index in [2.05, 4.69) is 15.2 Å². The van der Waals surface area contributed by atoms with E-state index >= 15 is 0 Å². The normalized spacial score (nSPS) is 22.6. The molecule has 0 aliphatic carbocycles. The van der Waals surface area contributed by atoms with Crippen LogP contribution in [0.4, 0.5) is 5.82 Å². The molecule has 2 aliphatic heterocycles. The summed E-state index contributed by atoms with van der Waals surface area (Å²) in [6.45, 7) is 3.14. The van der Waals surface area contributed by atoms with Gasteiger partial charge in [-0.1, -0.05) is 6.07 Å². The third-order valence-electron chi connectivity index (χ3n) is 4.37. The van der Waals surface area contributed by atoms with Gasteiger partial charge < -0.3 is 20.7 Å². The van der Waals surface area contributed by atoms with Crippen LogP contribution in [-0.2, 0) is 16.1 Å². The monoisotopic (exact) mass is 376 g/mol. The van der Waals surface area contributed by atoms with E-state index in [4.69, 9.17) is 10.5 Å². The molecule has 0 radical (unpaired) electrons. The van der Waals surface area contributed by atoms with Crippen LogP contribution in [-0.4, -0.2) is 42.7 Å². The van der Waals surface area contributed by atoms with Crippen molar-refractivity contribution in [2.75, 3.05) is 24.5 Å². The molecule has 3 N–H and O–H groups in total. The number of aromatic nitrogens is 1. The minimum atomic E-state index is -0.356. The van der Waals surface area contributed by atoms with E-state index in [-0.39, 0.29) is 42.9 Å². The van der Waals surface area contributed by atoms with Crippen molar-refractivity contribution in [3.8, 4) is 0 Å². The quantitative estimate of drug-likeness (QED) is 0.816. The maximum Gasteiger partial charge on any atom is 0.249 e. The Morgan fingerprint density at radius 1 is 1.29 bits per heavy atom. The van der Waals surface area contributed by atoms with E-state index in [0.29, 0.717) is 13.1 Å². The Hall–Kier alpha value is -1.08. The van der Waals surface area contributed by atoms with E-state index in [9.17, 15) is 4.79 Å². The molecule has 0 saturated carbocycles. The number of carbonyl (C=O) groups excluding carboxylic acids is 1. The molecule has 2 atom stereocenters. The zero-order chi connectivity index (χ0) is 15.4. The zero-order valence-electron chi connectivity index (χ0n) is 13.6. The van der Waals surface area contributed by atoms with Crippen molar-refractivity contribution in [2.45, 2.75) is 44.4 Å². The largest absolute Gasteiger partial charge is 0.364 e. The second kappa shape index (κ2) is 10.0. The standard InChI is InChI=1S/C16H24N4O2.2ClH/c17-9-13-4-5-14(22-13)16(21)19-11-12-3-6-15(18-10-12)20-7-1-2-8-20;;/h3,6,10,13-14H,1-2,4-5,7-9,11,17H2,(H,19,21);2*1H/t13-,14+;;/m1../s1. The SMILES string of the molecule is Cl.Cl.NC[C@H]1CC[C@@H](C(=O)NCc2ccc(N3CCCC3)nc2)O1. The molecule has 0 spiro atoms. The van der Waals surface area contributed by atoms with Crippen molar-refractivity contribution < 1.29 is 9.53 Å². The number of rotatable bonds is 5. The summed E-state index contributed by atoms with van der Waals surface area (Å²) in [6.07, 6.45) is 5.60. The predicted octanol–water partition coefficient (Wildman–Crippen LogP) is 1.65. The Kier molecular flexibility index (Phi) is 8.76. The van der Waals surface area contributed by atoms with E-state index in [1.807, 2.05) is 18.3 Å². The highest BCUT2D eigenvalue weighted by Gasteiger charge is 2.29. The number of anilines is 1. The Bertz CT molecular complexity index is 509. The number of amides is 1. The minimum Gasteiger partial charge on any atom is -0.364 e. The van der Waals surface area contributed by atoms with Gasteiger partial charge in [-0.2, -0.15) is 0 Å². The van der Waals surface area contributed by atoms with Gasteiger partial charge in [0.2, 0.25) is 5.91 Å². The summed E-state index contributed by atoms with van der Waals surface area (Å²) in [5.74, 6) is 0.969. The van der Waals surface area contributed by atoms with Crippen LogP contribution < -0.4 is 16.0 Å². The first-order valence-corrected chi connectivity index (χ1v) is 8.09. The average Bonchev–Trinajstić information content (AvgIpc) is 3.24. The molecule has 24 heavy (non-hydrogen) atoms. The second-order valence-electron chi connectivity index (χ2n) is 6.00. The van der Waals surface area contributed by atoms with Crippen molar-refractivity contribution in [2.24, 2.45) is 5.73 Å². The lowest BCUT2D eigenvalue weighted by atomic mass is 10.2. The minimum absolute atomic E-state index is 0. The number of pyridine rings is 1. The van der Waals surface area contributed by atoms with Gasteiger partial charge in [-0.15, -0.1) is 24.8 Å². The molecule has 136 valence electrons. The van der Waals surface area contributed by atoms with Gasteiger partial charge in [-0.3, -0.25) is 4.79 Å². The van der Waals surface area contributed by atoms with E-state index in [0.717, 1.165) is 37.3 Å². The topological polar surface area (TPSA) is 80.5 Å². The highest BCUT2D eigenvalue weighted by molar-refractivity contribution is 5.85. The molecule has 6 nitrogen and oxygen atoms in total. The first kappa shape index (κ1) is 21.0. The van der Waals surface area contributed by atoms with Gasteiger partial charge in [-0.05, 0) is 37.3 Å². The highest BCUT2D eigenvalue weighted by Crippen LogP contribution is 2.19. The molecule has 0 unspecified atom stereocenters. The number of nitrogens with zero attached hydrogens (tertiary/aromatic N) is 2. The first-order chi connectivity index (χ1) is 10.8. The third kappa shape index (κ3) is 5.21. The number of hydrogen-bond donors (Lipinski definition) is 2. The van der Waals surface area contributed by atoms with Gasteiger partial charge in [0.25, 0.3) is 0 Å². The molecule has 1 aromatic heterocycles. The van der Waals surface area contributed by atoms with Crippen LogP contribution in [0.5, 0.6) is 0 Å². The lowest BCUT2D eigenvalue weighted by molar-refractivity contribution is -0.132. The van der Waals surface area contributed by atoms with Crippen molar-refractivity contribution in [3.63, 3.8) is 0 Å². The van der Waals surface area contributed by atoms with Crippen LogP contribution in [0.25, 0.3) is 0 Å². The maximum atomic E-state index is 12.1. The summed E-state index contributed by atoms with van der Waals surface area (Å²) in [6, 6.07) is 4.06. The van der Waals surface area contributed by atoms with Crippen LogP contribution >= 0.6 is 24.8 Å². The summed E-state index contributed by atoms with van der Waals surface area (Å²) in [7, 11) is 0. The Morgan fingerprint density at radius 2 is 2.04 bits per heavy atom. The number of hydrogen-bond acceptors (Lipinski definition) is 5. The molecule has 8 heteroatoms. The molecule has 2 fully saturated rings. The number of nitrogens with one attached hydrogen (secondary N) is 1. The van der Waals surface area contributed by atoms with E-state index < -0.39 is 0 Å². The first-order valence-electron chi connectivity index (χ1n) is 8.09. The molecule has 3 rings (SSSR count). The van der Waals surface area contributed by atoms with Gasteiger partial charge in [-0.25, -0.2) is 4.98 Å². The lowest BCUT2D eigenvalue weighted by Crippen LogP contribution is -2.35. The van der Waals surface area contributed by atoms with Gasteiger partial charge >= 0.3 is 0 Å². The van der Waals surface area contributed by atoms with E-state index in [1.54, 1.807) is 0 Å². The molecule has 1 aromatic rings. The summed E-state index contributed by atoms with van der Waals surface area (Å²) >= 11 is 0. The van der Waals surface area contributed by atoms with Crippen LogP contribution in [0.1, 0.15) is 31.2 Å². The van der Waals surface area contributed by atoms with Crippen molar-refractivity contribution in [3.05, 3.63) is 23.9 Å². The fraction of sp³-hybridized carbons (Fsp3) is 0.625. The van der Waals surface area contributed by atoms with Gasteiger partial charge in [0.05, 0.1) is 6.10 Å². The molecule has 2 saturated heterocycles. The summed E-state index contributed by atoms with van der Waals surface area (Å²) in [5, 5.41) is 2.92. The number of halogens is 2. The molecule has 0 aromatic carbocycles. The zero-order valence-corrected chi connectivity index (χ0v) is 15.3. The number of carbonyl (C=O) groups is 1. The second-order valence-corrected chi connectivity index (χ2v) is 6.00. The molecule has 2 aliphatic rings. The number of nitrogens with two attached hydrogens (primary N) is 1. The summed E-state index contributed by atoms with van der Waals surface area (Å²) < 4.78 is 5.59. The Morgan fingerprint density at radius 3 is 2.62 bits per heavy atom. The average molecular weight is 377 g/mol. The summed E-state index contributed by atoms with van der Waals surface area (Å²) in [5.41, 5.74) is 6.56. The lowest BCUT2D eigenvalue weighted by Gasteiger charge is -2.16. The van der Waals surface area contributed by atoms with Crippen molar-refractivity contribution in [1.82, 2.24) is 10.3 Å². The Labute approximate surface area is 155 Å². The van der Waals surface area contributed by atoms with Gasteiger partial charge in [0.15, 0.2) is 0 Å². The third-order valence-corrected chi connectivity index (χ3v) is 4.37. The van der Waals surface area contributed by atoms with Crippen LogP contribution in [0, 0.1) is 0 Å². The fourth-order valence-corrected chi connectivity index (χ4v) is 3.03. The predicted molar refractivity (Wildman–Crippen MR) is 99.0 cm³/mol. The highest BCUT2D eigenvalue weighted by atomic mass is 35.5. The number of ether oxygens (including phenoxy) is 1.